The van der Waals surface area contributed by atoms with Crippen molar-refractivity contribution in [2.75, 3.05) is 13.1 Å². The van der Waals surface area contributed by atoms with Crippen LogP contribution in [0.4, 0.5) is 0 Å². The molecule has 0 aliphatic rings. The molecular formula is C15H19N3O3S. The van der Waals surface area contributed by atoms with Gasteiger partial charge in [-0.1, -0.05) is 17.7 Å². The summed E-state index contributed by atoms with van der Waals surface area (Å²) in [5.74, 6) is -0.234. The molecule has 22 heavy (non-hydrogen) atoms. The number of hydrogen-bond acceptors (Lipinski definition) is 3. The van der Waals surface area contributed by atoms with E-state index >= 15 is 0 Å². The zero-order chi connectivity index (χ0) is 16.2. The van der Waals surface area contributed by atoms with Crippen molar-refractivity contribution >= 4 is 15.9 Å². The lowest BCUT2D eigenvalue weighted by Crippen LogP contribution is -2.35. The molecule has 2 N–H and O–H groups in total. The van der Waals surface area contributed by atoms with Crippen LogP contribution >= 0.6 is 0 Å². The van der Waals surface area contributed by atoms with E-state index in [2.05, 4.69) is 10.0 Å². The minimum absolute atomic E-state index is 0.131. The third-order valence-electron chi connectivity index (χ3n) is 3.21. The van der Waals surface area contributed by atoms with Crippen LogP contribution in [0, 0.1) is 6.92 Å². The molecule has 0 aliphatic carbocycles. The topological polar surface area (TPSA) is 80.2 Å². The number of nitrogens with one attached hydrogen (secondary N) is 2. The van der Waals surface area contributed by atoms with Gasteiger partial charge in [-0.2, -0.15) is 0 Å². The summed E-state index contributed by atoms with van der Waals surface area (Å²) in [5.41, 5.74) is 1.52. The molecule has 0 atom stereocenters. The molecule has 0 unspecified atom stereocenters. The number of amides is 1. The maximum atomic E-state index is 12.0. The number of carbonyl (C=O) groups excluding carboxylic acids is 1. The molecule has 6 nitrogen and oxygen atoms in total. The monoisotopic (exact) mass is 321 g/mol. The fourth-order valence-electron chi connectivity index (χ4n) is 1.95. The molecule has 118 valence electrons. The SMILES string of the molecule is Cc1ccc(S(=O)(=O)NCCNC(=O)c2cccn2C)cc1. The highest BCUT2D eigenvalue weighted by molar-refractivity contribution is 7.89. The highest BCUT2D eigenvalue weighted by Crippen LogP contribution is 2.09. The minimum Gasteiger partial charge on any atom is -0.349 e. The van der Waals surface area contributed by atoms with E-state index in [0.717, 1.165) is 5.56 Å². The Kier molecular flexibility index (Phi) is 4.99. The first kappa shape index (κ1) is 16.3. The Hall–Kier alpha value is -2.12. The molecule has 2 aromatic rings. The van der Waals surface area contributed by atoms with Crippen molar-refractivity contribution in [1.29, 1.82) is 0 Å². The Labute approximate surface area is 130 Å². The van der Waals surface area contributed by atoms with Crippen molar-refractivity contribution in [3.8, 4) is 0 Å². The average molecular weight is 321 g/mol. The van der Waals surface area contributed by atoms with Gasteiger partial charge in [0.2, 0.25) is 10.0 Å². The van der Waals surface area contributed by atoms with Crippen LogP contribution in [0.1, 0.15) is 16.1 Å². The Bertz CT molecular complexity index is 749. The highest BCUT2D eigenvalue weighted by atomic mass is 32.2. The normalized spacial score (nSPS) is 11.4. The Morgan fingerprint density at radius 1 is 1.14 bits per heavy atom. The van der Waals surface area contributed by atoms with Gasteiger partial charge in [0.05, 0.1) is 4.90 Å². The molecule has 0 spiro atoms. The molecule has 0 fully saturated rings. The second kappa shape index (κ2) is 6.76. The van der Waals surface area contributed by atoms with Gasteiger partial charge < -0.3 is 9.88 Å². The third kappa shape index (κ3) is 3.96. The van der Waals surface area contributed by atoms with Crippen molar-refractivity contribution in [2.24, 2.45) is 7.05 Å². The molecule has 7 heteroatoms. The summed E-state index contributed by atoms with van der Waals surface area (Å²) in [6.07, 6.45) is 1.77. The van der Waals surface area contributed by atoms with E-state index in [1.54, 1.807) is 54.2 Å². The predicted molar refractivity (Wildman–Crippen MR) is 84.1 cm³/mol. The average Bonchev–Trinajstić information content (AvgIpc) is 2.90. The molecule has 2 rings (SSSR count). The minimum atomic E-state index is -3.54. The second-order valence-corrected chi connectivity index (χ2v) is 6.74. The van der Waals surface area contributed by atoms with Crippen LogP contribution in [0.3, 0.4) is 0 Å². The first-order valence-corrected chi connectivity index (χ1v) is 8.34. The van der Waals surface area contributed by atoms with Gasteiger partial charge in [-0.3, -0.25) is 4.79 Å². The third-order valence-corrected chi connectivity index (χ3v) is 4.69. The summed E-state index contributed by atoms with van der Waals surface area (Å²) in [5, 5.41) is 2.67. The number of rotatable bonds is 6. The molecule has 0 saturated carbocycles. The molecule has 0 aliphatic heterocycles. The fourth-order valence-corrected chi connectivity index (χ4v) is 2.98. The van der Waals surface area contributed by atoms with E-state index in [9.17, 15) is 13.2 Å². The molecule has 1 aromatic carbocycles. The smallest absolute Gasteiger partial charge is 0.267 e. The highest BCUT2D eigenvalue weighted by Gasteiger charge is 2.13. The largest absolute Gasteiger partial charge is 0.349 e. The van der Waals surface area contributed by atoms with Crippen molar-refractivity contribution in [2.45, 2.75) is 11.8 Å². The number of sulfonamides is 1. The summed E-state index contributed by atoms with van der Waals surface area (Å²) in [6, 6.07) is 10.1. The standard InChI is InChI=1S/C15H19N3O3S/c1-12-5-7-13(8-6-12)22(20,21)17-10-9-16-15(19)14-4-3-11-18(14)2/h3-8,11,17H,9-10H2,1-2H3,(H,16,19). The van der Waals surface area contributed by atoms with Gasteiger partial charge in [0.15, 0.2) is 0 Å². The van der Waals surface area contributed by atoms with Crippen LogP contribution in [0.15, 0.2) is 47.5 Å². The lowest BCUT2D eigenvalue weighted by Gasteiger charge is -2.08. The quantitative estimate of drug-likeness (QED) is 0.780. The first-order valence-electron chi connectivity index (χ1n) is 6.86. The maximum absolute atomic E-state index is 12.0. The van der Waals surface area contributed by atoms with Gasteiger partial charge in [-0.05, 0) is 31.2 Å². The van der Waals surface area contributed by atoms with Crippen LogP contribution in [0.5, 0.6) is 0 Å². The van der Waals surface area contributed by atoms with E-state index in [-0.39, 0.29) is 23.9 Å². The summed E-state index contributed by atoms with van der Waals surface area (Å²) >= 11 is 0. The van der Waals surface area contributed by atoms with Gasteiger partial charge in [0.1, 0.15) is 5.69 Å². The van der Waals surface area contributed by atoms with Crippen LogP contribution in [-0.2, 0) is 17.1 Å². The van der Waals surface area contributed by atoms with Crippen molar-refractivity contribution in [3.63, 3.8) is 0 Å². The van der Waals surface area contributed by atoms with Gasteiger partial charge >= 0.3 is 0 Å². The Balaban J connectivity index is 1.84. The van der Waals surface area contributed by atoms with Crippen LogP contribution < -0.4 is 10.0 Å². The van der Waals surface area contributed by atoms with Gasteiger partial charge in [-0.15, -0.1) is 0 Å². The Morgan fingerprint density at radius 2 is 1.82 bits per heavy atom. The molecule has 0 saturated heterocycles. The number of carbonyl (C=O) groups is 1. The molecule has 1 heterocycles. The number of aromatic nitrogens is 1. The second-order valence-electron chi connectivity index (χ2n) is 4.97. The number of benzene rings is 1. The zero-order valence-corrected chi connectivity index (χ0v) is 13.4. The first-order chi connectivity index (χ1) is 10.4. The number of hydrogen-bond donors (Lipinski definition) is 2. The van der Waals surface area contributed by atoms with Gasteiger partial charge in [-0.25, -0.2) is 13.1 Å². The summed E-state index contributed by atoms with van der Waals surface area (Å²) < 4.78 is 28.2. The van der Waals surface area contributed by atoms with Crippen molar-refractivity contribution < 1.29 is 13.2 Å². The van der Waals surface area contributed by atoms with Gasteiger partial charge in [0, 0.05) is 26.3 Å². The Morgan fingerprint density at radius 3 is 2.41 bits per heavy atom. The fraction of sp³-hybridized carbons (Fsp3) is 0.267. The van der Waals surface area contributed by atoms with E-state index in [1.165, 1.54) is 0 Å². The van der Waals surface area contributed by atoms with Crippen molar-refractivity contribution in [1.82, 2.24) is 14.6 Å². The molecular weight excluding hydrogens is 302 g/mol. The maximum Gasteiger partial charge on any atom is 0.267 e. The molecule has 0 bridgehead atoms. The lowest BCUT2D eigenvalue weighted by atomic mass is 10.2. The zero-order valence-electron chi connectivity index (χ0n) is 12.5. The van der Waals surface area contributed by atoms with Gasteiger partial charge in [0.25, 0.3) is 5.91 Å². The van der Waals surface area contributed by atoms with E-state index in [0.29, 0.717) is 5.69 Å². The number of nitrogens with zero attached hydrogens (tertiary/aromatic N) is 1. The van der Waals surface area contributed by atoms with Crippen LogP contribution in [-0.4, -0.2) is 32.0 Å². The predicted octanol–water partition coefficient (Wildman–Crippen LogP) is 1.04. The van der Waals surface area contributed by atoms with E-state index in [1.807, 2.05) is 6.92 Å². The molecule has 1 aromatic heterocycles. The summed E-state index contributed by atoms with van der Waals surface area (Å²) in [6.45, 7) is 2.24. The molecule has 1 amide bonds. The molecule has 0 radical (unpaired) electrons. The summed E-state index contributed by atoms with van der Waals surface area (Å²) in [7, 11) is -1.77. The van der Waals surface area contributed by atoms with Crippen LogP contribution in [0.2, 0.25) is 0 Å². The lowest BCUT2D eigenvalue weighted by molar-refractivity contribution is 0.0946. The van der Waals surface area contributed by atoms with E-state index < -0.39 is 10.0 Å². The number of aryl methyl sites for hydroxylation is 2. The van der Waals surface area contributed by atoms with Crippen LogP contribution in [0.25, 0.3) is 0 Å². The summed E-state index contributed by atoms with van der Waals surface area (Å²) in [4.78, 5) is 12.1. The van der Waals surface area contributed by atoms with E-state index in [4.69, 9.17) is 0 Å². The van der Waals surface area contributed by atoms with Crippen molar-refractivity contribution in [3.05, 3.63) is 53.9 Å².